The molecule has 0 aliphatic heterocycles. The van der Waals surface area contributed by atoms with Gasteiger partial charge in [0, 0.05) is 0 Å². The van der Waals surface area contributed by atoms with Gasteiger partial charge in [-0.1, -0.05) is 12.1 Å². The number of rotatable bonds is 5. The lowest BCUT2D eigenvalue weighted by Gasteiger charge is -2.13. The summed E-state index contributed by atoms with van der Waals surface area (Å²) in [5, 5.41) is 18.8. The summed E-state index contributed by atoms with van der Waals surface area (Å²) in [5.74, 6) is 1.40. The molecule has 21 heavy (non-hydrogen) atoms. The van der Waals surface area contributed by atoms with Crippen molar-refractivity contribution in [1.29, 1.82) is 0 Å². The number of ether oxygens (including phenoxy) is 2. The maximum Gasteiger partial charge on any atom is 0.488 e. The van der Waals surface area contributed by atoms with Gasteiger partial charge in [-0.25, -0.2) is 0 Å². The van der Waals surface area contributed by atoms with E-state index in [1.807, 2.05) is 32.0 Å². The minimum absolute atomic E-state index is 0.243. The average Bonchev–Trinajstić information content (AvgIpc) is 2.48. The Morgan fingerprint density at radius 2 is 1.67 bits per heavy atom. The third kappa shape index (κ3) is 3.77. The topological polar surface area (TPSA) is 58.9 Å². The van der Waals surface area contributed by atoms with E-state index in [0.717, 1.165) is 11.3 Å². The van der Waals surface area contributed by atoms with E-state index in [1.165, 1.54) is 5.56 Å². The molecule has 0 amide bonds. The second-order valence-corrected chi connectivity index (χ2v) is 4.97. The highest BCUT2D eigenvalue weighted by atomic mass is 16.5. The summed E-state index contributed by atoms with van der Waals surface area (Å²) in [7, 11) is 0.0347. The van der Waals surface area contributed by atoms with Crippen LogP contribution in [0.5, 0.6) is 11.5 Å². The molecule has 5 heteroatoms. The van der Waals surface area contributed by atoms with Gasteiger partial charge in [-0.2, -0.15) is 0 Å². The number of aryl methyl sites for hydroxylation is 2. The van der Waals surface area contributed by atoms with Crippen LogP contribution in [-0.4, -0.2) is 24.3 Å². The van der Waals surface area contributed by atoms with E-state index >= 15 is 0 Å². The van der Waals surface area contributed by atoms with Crippen molar-refractivity contribution in [1.82, 2.24) is 0 Å². The van der Waals surface area contributed by atoms with Crippen molar-refractivity contribution in [3.05, 3.63) is 53.1 Å². The van der Waals surface area contributed by atoms with Gasteiger partial charge in [0.1, 0.15) is 18.1 Å². The molecule has 0 aromatic heterocycles. The zero-order valence-corrected chi connectivity index (χ0v) is 12.5. The zero-order chi connectivity index (χ0) is 15.4. The Kier molecular flexibility index (Phi) is 4.88. The SMILES string of the molecule is COc1ccc(B(O)O)c(COc2ccc(C)c(C)c2)c1. The van der Waals surface area contributed by atoms with Crippen LogP contribution in [0, 0.1) is 13.8 Å². The molecule has 0 radical (unpaired) electrons. The largest absolute Gasteiger partial charge is 0.497 e. The summed E-state index contributed by atoms with van der Waals surface area (Å²) in [5.41, 5.74) is 3.46. The summed E-state index contributed by atoms with van der Waals surface area (Å²) in [6, 6.07) is 10.9. The van der Waals surface area contributed by atoms with Crippen LogP contribution in [0.15, 0.2) is 36.4 Å². The van der Waals surface area contributed by atoms with Crippen molar-refractivity contribution in [3.63, 3.8) is 0 Å². The minimum Gasteiger partial charge on any atom is -0.497 e. The lowest BCUT2D eigenvalue weighted by Crippen LogP contribution is -2.33. The van der Waals surface area contributed by atoms with Crippen molar-refractivity contribution < 1.29 is 19.5 Å². The predicted octanol–water partition coefficient (Wildman–Crippen LogP) is 1.57. The van der Waals surface area contributed by atoms with Crippen molar-refractivity contribution >= 4 is 12.6 Å². The molecule has 0 unspecified atom stereocenters. The first-order chi connectivity index (χ1) is 10.0. The van der Waals surface area contributed by atoms with Crippen LogP contribution >= 0.6 is 0 Å². The molecule has 0 bridgehead atoms. The molecule has 4 nitrogen and oxygen atoms in total. The zero-order valence-electron chi connectivity index (χ0n) is 12.5. The molecule has 0 aliphatic carbocycles. The number of hydrogen-bond donors (Lipinski definition) is 2. The van der Waals surface area contributed by atoms with Crippen LogP contribution in [-0.2, 0) is 6.61 Å². The Balaban J connectivity index is 2.19. The first-order valence-corrected chi connectivity index (χ1v) is 6.74. The third-order valence-electron chi connectivity index (χ3n) is 3.50. The first-order valence-electron chi connectivity index (χ1n) is 6.74. The second kappa shape index (κ2) is 6.65. The van der Waals surface area contributed by atoms with Gasteiger partial charge < -0.3 is 19.5 Å². The lowest BCUT2D eigenvalue weighted by molar-refractivity contribution is 0.305. The Morgan fingerprint density at radius 3 is 2.29 bits per heavy atom. The Morgan fingerprint density at radius 1 is 0.952 bits per heavy atom. The number of hydrogen-bond acceptors (Lipinski definition) is 4. The van der Waals surface area contributed by atoms with Crippen molar-refractivity contribution in [2.45, 2.75) is 20.5 Å². The fourth-order valence-corrected chi connectivity index (χ4v) is 2.05. The molecule has 0 saturated carbocycles. The first kappa shape index (κ1) is 15.4. The maximum absolute atomic E-state index is 9.41. The molecule has 0 atom stereocenters. The van der Waals surface area contributed by atoms with E-state index in [2.05, 4.69) is 0 Å². The molecule has 2 aromatic rings. The fraction of sp³-hybridized carbons (Fsp3) is 0.250. The van der Waals surface area contributed by atoms with Crippen LogP contribution in [0.1, 0.15) is 16.7 Å². The molecule has 0 saturated heterocycles. The van der Waals surface area contributed by atoms with E-state index in [0.29, 0.717) is 16.8 Å². The monoisotopic (exact) mass is 286 g/mol. The van der Waals surface area contributed by atoms with Crippen LogP contribution in [0.25, 0.3) is 0 Å². The molecular weight excluding hydrogens is 267 g/mol. The third-order valence-corrected chi connectivity index (χ3v) is 3.50. The van der Waals surface area contributed by atoms with Crippen molar-refractivity contribution in [2.24, 2.45) is 0 Å². The van der Waals surface area contributed by atoms with Gasteiger partial charge in [-0.05, 0) is 60.3 Å². The summed E-state index contributed by atoms with van der Waals surface area (Å²) < 4.78 is 10.9. The van der Waals surface area contributed by atoms with E-state index in [4.69, 9.17) is 9.47 Å². The Labute approximate surface area is 125 Å². The smallest absolute Gasteiger partial charge is 0.488 e. The summed E-state index contributed by atoms with van der Waals surface area (Å²) in [4.78, 5) is 0. The van der Waals surface area contributed by atoms with Gasteiger partial charge in [0.2, 0.25) is 0 Å². The van der Waals surface area contributed by atoms with Gasteiger partial charge in [-0.15, -0.1) is 0 Å². The van der Waals surface area contributed by atoms with Crippen molar-refractivity contribution in [3.8, 4) is 11.5 Å². The maximum atomic E-state index is 9.41. The molecule has 110 valence electrons. The summed E-state index contributed by atoms with van der Waals surface area (Å²) in [6.07, 6.45) is 0. The van der Waals surface area contributed by atoms with Gasteiger partial charge >= 0.3 is 7.12 Å². The molecule has 0 fully saturated rings. The van der Waals surface area contributed by atoms with Gasteiger partial charge in [0.05, 0.1) is 7.11 Å². The minimum atomic E-state index is -1.53. The van der Waals surface area contributed by atoms with E-state index < -0.39 is 7.12 Å². The van der Waals surface area contributed by atoms with Gasteiger partial charge in [0.25, 0.3) is 0 Å². The second-order valence-electron chi connectivity index (χ2n) is 4.97. The quantitative estimate of drug-likeness (QED) is 0.819. The standard InChI is InChI=1S/C16H19BO4/c1-11-4-5-15(8-12(11)2)21-10-13-9-14(20-3)6-7-16(13)17(18)19/h4-9,18-19H,10H2,1-3H3. The van der Waals surface area contributed by atoms with Gasteiger partial charge in [0.15, 0.2) is 0 Å². The molecule has 0 spiro atoms. The van der Waals surface area contributed by atoms with Crippen LogP contribution < -0.4 is 14.9 Å². The Bertz CT molecular complexity index is 626. The highest BCUT2D eigenvalue weighted by molar-refractivity contribution is 6.59. The molecule has 2 N–H and O–H groups in total. The highest BCUT2D eigenvalue weighted by Crippen LogP contribution is 2.19. The molecule has 0 heterocycles. The van der Waals surface area contributed by atoms with Gasteiger partial charge in [-0.3, -0.25) is 0 Å². The normalized spacial score (nSPS) is 10.3. The number of benzene rings is 2. The fourth-order valence-electron chi connectivity index (χ4n) is 2.05. The number of methoxy groups -OCH3 is 1. The van der Waals surface area contributed by atoms with Crippen LogP contribution in [0.3, 0.4) is 0 Å². The molecular formula is C16H19BO4. The van der Waals surface area contributed by atoms with Crippen molar-refractivity contribution in [2.75, 3.05) is 7.11 Å². The van der Waals surface area contributed by atoms with E-state index in [9.17, 15) is 10.0 Å². The highest BCUT2D eigenvalue weighted by Gasteiger charge is 2.17. The molecule has 0 aliphatic rings. The summed E-state index contributed by atoms with van der Waals surface area (Å²) >= 11 is 0. The van der Waals surface area contributed by atoms with Crippen LogP contribution in [0.4, 0.5) is 0 Å². The Hall–Kier alpha value is -1.98. The molecule has 2 aromatic carbocycles. The summed E-state index contributed by atoms with van der Waals surface area (Å²) in [6.45, 7) is 4.31. The van der Waals surface area contributed by atoms with E-state index in [-0.39, 0.29) is 6.61 Å². The molecule has 2 rings (SSSR count). The average molecular weight is 286 g/mol. The van der Waals surface area contributed by atoms with E-state index in [1.54, 1.807) is 25.3 Å². The van der Waals surface area contributed by atoms with Crippen LogP contribution in [0.2, 0.25) is 0 Å². The predicted molar refractivity (Wildman–Crippen MR) is 83.1 cm³/mol. The lowest BCUT2D eigenvalue weighted by atomic mass is 9.77.